The molecule has 6 nitrogen and oxygen atoms in total. The SMILES string of the molecule is c1ccc(-c2cc(OCC3CO3)ccc2OCC2CO2)c(OCC2CO2)c1. The zero-order chi connectivity index (χ0) is 18.1. The number of benzene rings is 2. The Bertz CT molecular complexity index is 795. The van der Waals surface area contributed by atoms with Gasteiger partial charge in [0.15, 0.2) is 0 Å². The summed E-state index contributed by atoms with van der Waals surface area (Å²) in [5.74, 6) is 2.39. The van der Waals surface area contributed by atoms with Crippen LogP contribution in [0.3, 0.4) is 0 Å². The van der Waals surface area contributed by atoms with E-state index in [1.807, 2.05) is 42.5 Å². The fraction of sp³-hybridized carbons (Fsp3) is 0.429. The van der Waals surface area contributed by atoms with E-state index in [-0.39, 0.29) is 18.3 Å². The van der Waals surface area contributed by atoms with Gasteiger partial charge in [0.2, 0.25) is 0 Å². The largest absolute Gasteiger partial charge is 0.491 e. The summed E-state index contributed by atoms with van der Waals surface area (Å²) >= 11 is 0. The molecule has 3 atom stereocenters. The number of hydrogen-bond acceptors (Lipinski definition) is 6. The van der Waals surface area contributed by atoms with Crippen LogP contribution in [0.5, 0.6) is 17.2 Å². The molecular formula is C21H22O6. The molecule has 0 radical (unpaired) electrons. The molecule has 0 aromatic heterocycles. The Labute approximate surface area is 157 Å². The van der Waals surface area contributed by atoms with Crippen LogP contribution >= 0.6 is 0 Å². The molecule has 3 unspecified atom stereocenters. The van der Waals surface area contributed by atoms with E-state index < -0.39 is 0 Å². The Morgan fingerprint density at radius 1 is 0.667 bits per heavy atom. The molecule has 0 N–H and O–H groups in total. The third-order valence-electron chi connectivity index (χ3n) is 4.62. The average Bonchev–Trinajstić information content (AvgIpc) is 3.57. The van der Waals surface area contributed by atoms with Crippen molar-refractivity contribution in [1.29, 1.82) is 0 Å². The van der Waals surface area contributed by atoms with Crippen LogP contribution in [-0.4, -0.2) is 58.0 Å². The zero-order valence-corrected chi connectivity index (χ0v) is 15.0. The first-order valence-corrected chi connectivity index (χ1v) is 9.32. The Balaban J connectivity index is 1.42. The molecule has 0 aliphatic carbocycles. The lowest BCUT2D eigenvalue weighted by Crippen LogP contribution is -2.08. The van der Waals surface area contributed by atoms with Crippen LogP contribution in [0.4, 0.5) is 0 Å². The minimum atomic E-state index is 0.194. The Morgan fingerprint density at radius 3 is 1.85 bits per heavy atom. The molecule has 0 spiro atoms. The van der Waals surface area contributed by atoms with Gasteiger partial charge in [-0.15, -0.1) is 0 Å². The second-order valence-corrected chi connectivity index (χ2v) is 6.95. The van der Waals surface area contributed by atoms with Crippen LogP contribution in [0.2, 0.25) is 0 Å². The molecule has 27 heavy (non-hydrogen) atoms. The van der Waals surface area contributed by atoms with E-state index in [1.165, 1.54) is 0 Å². The molecule has 0 bridgehead atoms. The van der Waals surface area contributed by atoms with Gasteiger partial charge in [0.25, 0.3) is 0 Å². The van der Waals surface area contributed by atoms with E-state index in [0.29, 0.717) is 19.8 Å². The third kappa shape index (κ3) is 4.53. The summed E-state index contributed by atoms with van der Waals surface area (Å²) in [6.45, 7) is 3.96. The maximum absolute atomic E-state index is 6.02. The highest BCUT2D eigenvalue weighted by molar-refractivity contribution is 5.77. The molecule has 142 valence electrons. The molecule has 3 aliphatic heterocycles. The lowest BCUT2D eigenvalue weighted by Gasteiger charge is -2.16. The van der Waals surface area contributed by atoms with Crippen LogP contribution in [0.15, 0.2) is 42.5 Å². The Kier molecular flexibility index (Phi) is 4.61. The van der Waals surface area contributed by atoms with Crippen molar-refractivity contribution < 1.29 is 28.4 Å². The smallest absolute Gasteiger partial charge is 0.127 e. The molecule has 0 amide bonds. The van der Waals surface area contributed by atoms with Gasteiger partial charge in [-0.05, 0) is 24.3 Å². The van der Waals surface area contributed by atoms with E-state index >= 15 is 0 Å². The average molecular weight is 370 g/mol. The van der Waals surface area contributed by atoms with Gasteiger partial charge in [0.05, 0.1) is 19.8 Å². The van der Waals surface area contributed by atoms with Gasteiger partial charge in [0, 0.05) is 11.1 Å². The van der Waals surface area contributed by atoms with Crippen LogP contribution < -0.4 is 14.2 Å². The minimum Gasteiger partial charge on any atom is -0.491 e. The van der Waals surface area contributed by atoms with Crippen molar-refractivity contribution in [3.8, 4) is 28.4 Å². The second-order valence-electron chi connectivity index (χ2n) is 6.95. The molecule has 5 rings (SSSR count). The van der Waals surface area contributed by atoms with Crippen molar-refractivity contribution >= 4 is 0 Å². The number of hydrogen-bond donors (Lipinski definition) is 0. The van der Waals surface area contributed by atoms with Gasteiger partial charge in [0.1, 0.15) is 55.4 Å². The molecule has 6 heteroatoms. The van der Waals surface area contributed by atoms with Crippen LogP contribution in [0, 0.1) is 0 Å². The topological polar surface area (TPSA) is 65.3 Å². The number of para-hydroxylation sites is 1. The van der Waals surface area contributed by atoms with Crippen molar-refractivity contribution in [3.05, 3.63) is 42.5 Å². The fourth-order valence-corrected chi connectivity index (χ4v) is 2.80. The summed E-state index contributed by atoms with van der Waals surface area (Å²) in [4.78, 5) is 0. The lowest BCUT2D eigenvalue weighted by molar-refractivity contribution is 0.257. The highest BCUT2D eigenvalue weighted by atomic mass is 16.6. The Hall–Kier alpha value is -2.28. The van der Waals surface area contributed by atoms with Crippen molar-refractivity contribution in [2.75, 3.05) is 39.6 Å². The lowest BCUT2D eigenvalue weighted by atomic mass is 10.0. The molecule has 3 heterocycles. The van der Waals surface area contributed by atoms with Crippen molar-refractivity contribution in [2.45, 2.75) is 18.3 Å². The highest BCUT2D eigenvalue weighted by Gasteiger charge is 2.26. The van der Waals surface area contributed by atoms with Crippen molar-refractivity contribution in [3.63, 3.8) is 0 Å². The molecule has 2 aromatic rings. The molecular weight excluding hydrogens is 348 g/mol. The van der Waals surface area contributed by atoms with Gasteiger partial charge in [-0.25, -0.2) is 0 Å². The van der Waals surface area contributed by atoms with Gasteiger partial charge in [-0.2, -0.15) is 0 Å². The molecule has 3 saturated heterocycles. The van der Waals surface area contributed by atoms with Gasteiger partial charge >= 0.3 is 0 Å². The summed E-state index contributed by atoms with van der Waals surface area (Å²) in [7, 11) is 0. The molecule has 2 aromatic carbocycles. The summed E-state index contributed by atoms with van der Waals surface area (Å²) < 4.78 is 33.6. The fourth-order valence-electron chi connectivity index (χ4n) is 2.80. The van der Waals surface area contributed by atoms with Crippen LogP contribution in [-0.2, 0) is 14.2 Å². The summed E-state index contributed by atoms with van der Waals surface area (Å²) in [5.41, 5.74) is 1.91. The summed E-state index contributed by atoms with van der Waals surface area (Å²) in [5, 5.41) is 0. The molecule has 0 saturated carbocycles. The monoisotopic (exact) mass is 370 g/mol. The third-order valence-corrected chi connectivity index (χ3v) is 4.62. The first-order chi connectivity index (χ1) is 13.3. The quantitative estimate of drug-likeness (QED) is 0.599. The second kappa shape index (κ2) is 7.38. The van der Waals surface area contributed by atoms with E-state index in [0.717, 1.165) is 48.2 Å². The normalized spacial score (nSPS) is 25.0. The predicted octanol–water partition coefficient (Wildman–Crippen LogP) is 2.69. The first kappa shape index (κ1) is 16.9. The van der Waals surface area contributed by atoms with E-state index in [1.54, 1.807) is 0 Å². The first-order valence-electron chi connectivity index (χ1n) is 9.32. The van der Waals surface area contributed by atoms with E-state index in [4.69, 9.17) is 28.4 Å². The van der Waals surface area contributed by atoms with Crippen LogP contribution in [0.1, 0.15) is 0 Å². The van der Waals surface area contributed by atoms with Gasteiger partial charge in [-0.3, -0.25) is 0 Å². The van der Waals surface area contributed by atoms with E-state index in [9.17, 15) is 0 Å². The van der Waals surface area contributed by atoms with Gasteiger partial charge in [-0.1, -0.05) is 18.2 Å². The summed E-state index contributed by atoms with van der Waals surface area (Å²) in [6, 6.07) is 13.8. The predicted molar refractivity (Wildman–Crippen MR) is 97.6 cm³/mol. The number of rotatable bonds is 10. The summed E-state index contributed by atoms with van der Waals surface area (Å²) in [6.07, 6.45) is 0.610. The zero-order valence-electron chi connectivity index (χ0n) is 15.0. The van der Waals surface area contributed by atoms with Crippen molar-refractivity contribution in [1.82, 2.24) is 0 Å². The van der Waals surface area contributed by atoms with Crippen molar-refractivity contribution in [2.24, 2.45) is 0 Å². The number of epoxide rings is 3. The van der Waals surface area contributed by atoms with E-state index in [2.05, 4.69) is 0 Å². The molecule has 3 fully saturated rings. The highest BCUT2D eigenvalue weighted by Crippen LogP contribution is 2.39. The minimum absolute atomic E-state index is 0.194. The van der Waals surface area contributed by atoms with Gasteiger partial charge < -0.3 is 28.4 Å². The van der Waals surface area contributed by atoms with Crippen LogP contribution in [0.25, 0.3) is 11.1 Å². The maximum atomic E-state index is 6.02. The standard InChI is InChI=1S/C21H22O6/c1-2-4-20(26-12-16-10-24-16)18(3-1)19-7-14(22-8-15-9-23-15)5-6-21(19)27-13-17-11-25-17/h1-7,15-17H,8-13H2. The Morgan fingerprint density at radius 2 is 1.22 bits per heavy atom. The maximum Gasteiger partial charge on any atom is 0.127 e. The number of ether oxygens (including phenoxy) is 6. The molecule has 3 aliphatic rings.